The molecule has 0 bridgehead atoms. The van der Waals surface area contributed by atoms with Crippen molar-refractivity contribution in [2.75, 3.05) is 0 Å². The van der Waals surface area contributed by atoms with Crippen molar-refractivity contribution in [3.05, 3.63) is 29.6 Å². The van der Waals surface area contributed by atoms with E-state index in [2.05, 4.69) is 43.5 Å². The lowest BCUT2D eigenvalue weighted by atomic mass is 9.92. The number of rotatable bonds is 2. The number of hydrogen-bond donors (Lipinski definition) is 0. The molecule has 1 aromatic heterocycles. The Bertz CT molecular complexity index is 640. The second-order valence-electron chi connectivity index (χ2n) is 6.96. The lowest BCUT2D eigenvalue weighted by molar-refractivity contribution is 0.358. The highest BCUT2D eigenvalue weighted by atomic mass is 35.5. The summed E-state index contributed by atoms with van der Waals surface area (Å²) >= 11 is 6.40. The van der Waals surface area contributed by atoms with Crippen molar-refractivity contribution >= 4 is 22.6 Å². The van der Waals surface area contributed by atoms with Gasteiger partial charge < -0.3 is 4.57 Å². The number of nitrogens with zero attached hydrogens (tertiary/aromatic N) is 2. The lowest BCUT2D eigenvalue weighted by Gasteiger charge is -2.21. The summed E-state index contributed by atoms with van der Waals surface area (Å²) in [5.41, 5.74) is 4.08. The van der Waals surface area contributed by atoms with Gasteiger partial charge in [-0.05, 0) is 50.2 Å². The molecular weight excluding hydrogens is 268 g/mol. The van der Waals surface area contributed by atoms with Crippen LogP contribution in [0.25, 0.3) is 11.0 Å². The molecule has 3 rings (SSSR count). The number of halogens is 1. The fourth-order valence-electron chi connectivity index (χ4n) is 3.61. The third-order valence-electron chi connectivity index (χ3n) is 4.60. The molecular formula is C17H23ClN2. The van der Waals surface area contributed by atoms with Gasteiger partial charge >= 0.3 is 0 Å². The zero-order valence-electron chi connectivity index (χ0n) is 12.8. The molecule has 0 aliphatic heterocycles. The van der Waals surface area contributed by atoms with Gasteiger partial charge in [0.2, 0.25) is 0 Å². The van der Waals surface area contributed by atoms with Crippen molar-refractivity contribution in [2.45, 2.75) is 58.4 Å². The van der Waals surface area contributed by atoms with Crippen LogP contribution < -0.4 is 0 Å². The van der Waals surface area contributed by atoms with E-state index in [-0.39, 0.29) is 5.38 Å². The summed E-state index contributed by atoms with van der Waals surface area (Å²) in [7, 11) is 0. The number of aromatic nitrogens is 2. The fraction of sp³-hybridized carbons (Fsp3) is 0.588. The summed E-state index contributed by atoms with van der Waals surface area (Å²) in [5.74, 6) is 1.03. The highest BCUT2D eigenvalue weighted by molar-refractivity contribution is 6.20. The van der Waals surface area contributed by atoms with E-state index >= 15 is 0 Å². The molecule has 2 nitrogen and oxygen atoms in total. The van der Waals surface area contributed by atoms with Crippen molar-refractivity contribution < 1.29 is 0 Å². The van der Waals surface area contributed by atoms with Crippen molar-refractivity contribution in [3.8, 4) is 0 Å². The van der Waals surface area contributed by atoms with Crippen LogP contribution in [-0.4, -0.2) is 9.55 Å². The summed E-state index contributed by atoms with van der Waals surface area (Å²) in [4.78, 5) is 4.80. The van der Waals surface area contributed by atoms with Gasteiger partial charge in [-0.1, -0.05) is 26.0 Å². The van der Waals surface area contributed by atoms with Crippen LogP contribution in [0.3, 0.4) is 0 Å². The van der Waals surface area contributed by atoms with Crippen LogP contribution in [0.1, 0.15) is 62.8 Å². The third kappa shape index (κ3) is 2.24. The molecule has 0 N–H and O–H groups in total. The minimum atomic E-state index is -0.0505. The second-order valence-corrected chi connectivity index (χ2v) is 7.61. The largest absolute Gasteiger partial charge is 0.323 e. The Kier molecular flexibility index (Phi) is 3.32. The molecule has 0 amide bonds. The van der Waals surface area contributed by atoms with E-state index in [1.165, 1.54) is 30.3 Å². The number of fused-ring (bicyclic) bond motifs is 1. The average molecular weight is 291 g/mol. The maximum Gasteiger partial charge on any atom is 0.127 e. The first kappa shape index (κ1) is 13.9. The zero-order valence-corrected chi connectivity index (χ0v) is 13.5. The van der Waals surface area contributed by atoms with Gasteiger partial charge in [0.15, 0.2) is 0 Å². The molecule has 1 heterocycles. The van der Waals surface area contributed by atoms with Gasteiger partial charge in [0, 0.05) is 6.04 Å². The number of hydrogen-bond acceptors (Lipinski definition) is 1. The maximum absolute atomic E-state index is 6.40. The van der Waals surface area contributed by atoms with Crippen molar-refractivity contribution in [3.63, 3.8) is 0 Å². The van der Waals surface area contributed by atoms with Crippen LogP contribution in [-0.2, 0) is 0 Å². The minimum absolute atomic E-state index is 0.0505. The van der Waals surface area contributed by atoms with Gasteiger partial charge in [0.25, 0.3) is 0 Å². The number of benzene rings is 1. The maximum atomic E-state index is 6.40. The van der Waals surface area contributed by atoms with Gasteiger partial charge in [-0.3, -0.25) is 0 Å². The van der Waals surface area contributed by atoms with Crippen LogP contribution in [0.4, 0.5) is 0 Å². The molecule has 0 spiro atoms. The third-order valence-corrected chi connectivity index (χ3v) is 4.80. The predicted molar refractivity (Wildman–Crippen MR) is 85.4 cm³/mol. The standard InChI is InChI=1S/C17H23ClN2/c1-11-6-5-7-14-15(11)20(16(19-14)12(2)18)13-8-9-17(3,4)10-13/h5-7,12-13H,8-10H2,1-4H3. The summed E-state index contributed by atoms with van der Waals surface area (Å²) < 4.78 is 2.43. The summed E-state index contributed by atoms with van der Waals surface area (Å²) in [6.45, 7) is 8.92. The Hall–Kier alpha value is -1.02. The Balaban J connectivity index is 2.19. The van der Waals surface area contributed by atoms with Gasteiger partial charge in [-0.15, -0.1) is 11.6 Å². The Morgan fingerprint density at radius 1 is 1.40 bits per heavy atom. The summed E-state index contributed by atoms with van der Waals surface area (Å²) in [6.07, 6.45) is 3.71. The van der Waals surface area contributed by atoms with E-state index in [9.17, 15) is 0 Å². The first-order valence-electron chi connectivity index (χ1n) is 7.50. The quantitative estimate of drug-likeness (QED) is 0.678. The highest BCUT2D eigenvalue weighted by Gasteiger charge is 2.34. The first-order chi connectivity index (χ1) is 9.39. The van der Waals surface area contributed by atoms with E-state index in [0.29, 0.717) is 11.5 Å². The van der Waals surface area contributed by atoms with E-state index in [1.54, 1.807) is 0 Å². The van der Waals surface area contributed by atoms with Crippen LogP contribution in [0.2, 0.25) is 0 Å². The van der Waals surface area contributed by atoms with E-state index in [4.69, 9.17) is 16.6 Å². The van der Waals surface area contributed by atoms with Crippen molar-refractivity contribution in [2.24, 2.45) is 5.41 Å². The Morgan fingerprint density at radius 2 is 2.15 bits per heavy atom. The van der Waals surface area contributed by atoms with Gasteiger partial charge in [-0.2, -0.15) is 0 Å². The number of imidazole rings is 1. The van der Waals surface area contributed by atoms with Gasteiger partial charge in [0.05, 0.1) is 16.4 Å². The monoisotopic (exact) mass is 290 g/mol. The van der Waals surface area contributed by atoms with E-state index < -0.39 is 0 Å². The zero-order chi connectivity index (χ0) is 14.5. The molecule has 108 valence electrons. The molecule has 2 aromatic rings. The summed E-state index contributed by atoms with van der Waals surface area (Å²) in [6, 6.07) is 6.88. The molecule has 1 aliphatic rings. The van der Waals surface area contributed by atoms with E-state index in [0.717, 1.165) is 11.3 Å². The van der Waals surface area contributed by atoms with Crippen LogP contribution in [0.15, 0.2) is 18.2 Å². The van der Waals surface area contributed by atoms with Crippen LogP contribution in [0.5, 0.6) is 0 Å². The molecule has 2 unspecified atom stereocenters. The molecule has 1 fully saturated rings. The second kappa shape index (κ2) is 4.77. The highest BCUT2D eigenvalue weighted by Crippen LogP contribution is 2.46. The molecule has 0 radical (unpaired) electrons. The predicted octanol–water partition coefficient (Wildman–Crippen LogP) is 5.40. The smallest absolute Gasteiger partial charge is 0.127 e. The number of alkyl halides is 1. The molecule has 0 saturated heterocycles. The number of aryl methyl sites for hydroxylation is 1. The Labute approximate surface area is 126 Å². The molecule has 1 aliphatic carbocycles. The topological polar surface area (TPSA) is 17.8 Å². The molecule has 1 saturated carbocycles. The van der Waals surface area contributed by atoms with E-state index in [1.807, 2.05) is 6.92 Å². The average Bonchev–Trinajstić information content (AvgIpc) is 2.90. The minimum Gasteiger partial charge on any atom is -0.323 e. The van der Waals surface area contributed by atoms with Gasteiger partial charge in [-0.25, -0.2) is 4.98 Å². The SMILES string of the molecule is Cc1cccc2nc(C(C)Cl)n(C3CCC(C)(C)C3)c12. The Morgan fingerprint density at radius 3 is 2.75 bits per heavy atom. The summed E-state index contributed by atoms with van der Waals surface area (Å²) in [5, 5.41) is -0.0505. The van der Waals surface area contributed by atoms with Crippen LogP contribution in [0, 0.1) is 12.3 Å². The van der Waals surface area contributed by atoms with Crippen molar-refractivity contribution in [1.82, 2.24) is 9.55 Å². The lowest BCUT2D eigenvalue weighted by Crippen LogP contribution is -2.13. The fourth-order valence-corrected chi connectivity index (χ4v) is 3.76. The molecule has 3 heteroatoms. The van der Waals surface area contributed by atoms with Crippen LogP contribution >= 0.6 is 11.6 Å². The molecule has 20 heavy (non-hydrogen) atoms. The molecule has 2 atom stereocenters. The molecule has 1 aromatic carbocycles. The van der Waals surface area contributed by atoms with Crippen molar-refractivity contribution in [1.29, 1.82) is 0 Å². The van der Waals surface area contributed by atoms with Gasteiger partial charge in [0.1, 0.15) is 5.82 Å². The normalized spacial score (nSPS) is 23.4. The number of para-hydroxylation sites is 1. The first-order valence-corrected chi connectivity index (χ1v) is 7.94.